The quantitative estimate of drug-likeness (QED) is 0.509. The monoisotopic (exact) mass is 460 g/mol. The first kappa shape index (κ1) is 22.2. The van der Waals surface area contributed by atoms with E-state index in [1.807, 2.05) is 48.9 Å². The van der Waals surface area contributed by atoms with Gasteiger partial charge in [0, 0.05) is 24.7 Å². The Morgan fingerprint density at radius 1 is 1.18 bits per heavy atom. The number of rotatable bonds is 4. The standard InChI is InChI=1S/C27H29FN4O2/c1-18-6-8-22(23(28)13-18)24-10-12-34-30-27-21(5-4-11-32(24)27)14-20-7-9-25(26(15-20)33-3)31-16-19(2)29-17-31/h6-9,13-17,24H,4-5,10-12H2,1-3H3/b21-14+. The number of piperidine rings is 1. The summed E-state index contributed by atoms with van der Waals surface area (Å²) in [6.07, 6.45) is 8.43. The molecule has 1 unspecified atom stereocenters. The van der Waals surface area contributed by atoms with Gasteiger partial charge in [-0.25, -0.2) is 9.37 Å². The highest BCUT2D eigenvalue weighted by Gasteiger charge is 2.32. The molecule has 2 aromatic carbocycles. The van der Waals surface area contributed by atoms with Crippen LogP contribution in [0.3, 0.4) is 0 Å². The van der Waals surface area contributed by atoms with Gasteiger partial charge in [-0.2, -0.15) is 0 Å². The van der Waals surface area contributed by atoms with E-state index in [1.54, 1.807) is 19.5 Å². The summed E-state index contributed by atoms with van der Waals surface area (Å²) in [5, 5.41) is 4.46. The Bertz CT molecular complexity index is 1260. The van der Waals surface area contributed by atoms with E-state index in [0.29, 0.717) is 18.6 Å². The molecule has 1 fully saturated rings. The van der Waals surface area contributed by atoms with Gasteiger partial charge in [0.05, 0.1) is 30.9 Å². The van der Waals surface area contributed by atoms with Gasteiger partial charge in [0.25, 0.3) is 0 Å². The van der Waals surface area contributed by atoms with E-state index < -0.39 is 0 Å². The zero-order chi connectivity index (χ0) is 23.7. The minimum Gasteiger partial charge on any atom is -0.495 e. The molecule has 0 N–H and O–H groups in total. The summed E-state index contributed by atoms with van der Waals surface area (Å²) in [5.74, 6) is 1.39. The number of oxime groups is 1. The van der Waals surface area contributed by atoms with Gasteiger partial charge in [0.1, 0.15) is 18.2 Å². The van der Waals surface area contributed by atoms with Crippen LogP contribution < -0.4 is 4.74 Å². The van der Waals surface area contributed by atoms with Crippen molar-refractivity contribution >= 4 is 11.9 Å². The fourth-order valence-electron chi connectivity index (χ4n) is 4.80. The van der Waals surface area contributed by atoms with E-state index in [-0.39, 0.29) is 11.9 Å². The largest absolute Gasteiger partial charge is 0.495 e. The molecule has 0 amide bonds. The SMILES string of the molecule is COc1cc(/C=C2\CCCN3C2=NOCCC3c2ccc(C)cc2F)ccc1-n1cnc(C)c1. The highest BCUT2D eigenvalue weighted by molar-refractivity contribution is 6.02. The van der Waals surface area contributed by atoms with Gasteiger partial charge in [-0.3, -0.25) is 0 Å². The molecule has 5 rings (SSSR count). The molecule has 3 aromatic rings. The second kappa shape index (κ2) is 9.33. The lowest BCUT2D eigenvalue weighted by molar-refractivity contribution is 0.140. The van der Waals surface area contributed by atoms with Gasteiger partial charge in [0.15, 0.2) is 5.84 Å². The van der Waals surface area contributed by atoms with Crippen molar-refractivity contribution in [3.8, 4) is 11.4 Å². The zero-order valence-electron chi connectivity index (χ0n) is 19.8. The molecule has 176 valence electrons. The topological polar surface area (TPSA) is 51.9 Å². The molecule has 0 aliphatic carbocycles. The number of hydrogen-bond donors (Lipinski definition) is 0. The highest BCUT2D eigenvalue weighted by atomic mass is 19.1. The van der Waals surface area contributed by atoms with Gasteiger partial charge in [-0.15, -0.1) is 0 Å². The number of benzene rings is 2. The van der Waals surface area contributed by atoms with Crippen LogP contribution in [0, 0.1) is 19.7 Å². The molecule has 7 heteroatoms. The van der Waals surface area contributed by atoms with Crippen molar-refractivity contribution in [1.29, 1.82) is 0 Å². The maximum absolute atomic E-state index is 14.9. The van der Waals surface area contributed by atoms with Gasteiger partial charge < -0.3 is 19.0 Å². The summed E-state index contributed by atoms with van der Waals surface area (Å²) < 4.78 is 22.5. The fourth-order valence-corrected chi connectivity index (χ4v) is 4.80. The molecule has 0 bridgehead atoms. The van der Waals surface area contributed by atoms with Crippen LogP contribution in [0.5, 0.6) is 5.75 Å². The highest BCUT2D eigenvalue weighted by Crippen LogP contribution is 2.35. The van der Waals surface area contributed by atoms with Crippen molar-refractivity contribution in [2.45, 2.75) is 39.2 Å². The molecule has 1 atom stereocenters. The summed E-state index contributed by atoms with van der Waals surface area (Å²) >= 11 is 0. The van der Waals surface area contributed by atoms with E-state index in [0.717, 1.165) is 59.1 Å². The Morgan fingerprint density at radius 3 is 2.82 bits per heavy atom. The van der Waals surface area contributed by atoms with Gasteiger partial charge in [-0.05, 0) is 67.7 Å². The Hall–Kier alpha value is -3.61. The van der Waals surface area contributed by atoms with Crippen LogP contribution in [0.2, 0.25) is 0 Å². The third-order valence-electron chi connectivity index (χ3n) is 6.46. The van der Waals surface area contributed by atoms with Crippen molar-refractivity contribution < 1.29 is 14.0 Å². The zero-order valence-corrected chi connectivity index (χ0v) is 19.8. The Morgan fingerprint density at radius 2 is 2.06 bits per heavy atom. The summed E-state index contributed by atoms with van der Waals surface area (Å²) in [7, 11) is 1.67. The summed E-state index contributed by atoms with van der Waals surface area (Å²) in [6.45, 7) is 5.14. The van der Waals surface area contributed by atoms with Crippen LogP contribution in [-0.2, 0) is 4.84 Å². The number of halogens is 1. The third-order valence-corrected chi connectivity index (χ3v) is 6.46. The summed E-state index contributed by atoms with van der Waals surface area (Å²) in [6, 6.07) is 11.5. The molecule has 2 aliphatic rings. The van der Waals surface area contributed by atoms with Crippen molar-refractivity contribution in [1.82, 2.24) is 14.5 Å². The first-order valence-corrected chi connectivity index (χ1v) is 11.7. The van der Waals surface area contributed by atoms with E-state index >= 15 is 0 Å². The molecular formula is C27H29FN4O2. The molecule has 0 saturated carbocycles. The van der Waals surface area contributed by atoms with Crippen molar-refractivity contribution in [2.24, 2.45) is 5.16 Å². The van der Waals surface area contributed by atoms with Crippen LogP contribution in [0.1, 0.15) is 47.7 Å². The summed E-state index contributed by atoms with van der Waals surface area (Å²) in [5.41, 5.74) is 5.59. The number of methoxy groups -OCH3 is 1. The van der Waals surface area contributed by atoms with E-state index in [2.05, 4.69) is 27.2 Å². The second-order valence-electron chi connectivity index (χ2n) is 8.90. The van der Waals surface area contributed by atoms with Gasteiger partial charge in [-0.1, -0.05) is 23.4 Å². The molecule has 1 aromatic heterocycles. The van der Waals surface area contributed by atoms with Gasteiger partial charge >= 0.3 is 0 Å². The third kappa shape index (κ3) is 4.30. The lowest BCUT2D eigenvalue weighted by Crippen LogP contribution is -2.39. The number of nitrogens with zero attached hydrogens (tertiary/aromatic N) is 4. The van der Waals surface area contributed by atoms with Gasteiger partial charge in [0.2, 0.25) is 0 Å². The first-order chi connectivity index (χ1) is 16.5. The smallest absolute Gasteiger partial charge is 0.171 e. The molecule has 3 heterocycles. The Labute approximate surface area is 199 Å². The molecule has 0 spiro atoms. The maximum atomic E-state index is 14.9. The van der Waals surface area contributed by atoms with Crippen LogP contribution in [0.4, 0.5) is 4.39 Å². The maximum Gasteiger partial charge on any atom is 0.171 e. The van der Waals surface area contributed by atoms with Crippen molar-refractivity contribution in [3.63, 3.8) is 0 Å². The Balaban J connectivity index is 1.48. The van der Waals surface area contributed by atoms with E-state index in [9.17, 15) is 4.39 Å². The minimum absolute atomic E-state index is 0.105. The van der Waals surface area contributed by atoms with Crippen LogP contribution >= 0.6 is 0 Å². The number of hydrogen-bond acceptors (Lipinski definition) is 5. The van der Waals surface area contributed by atoms with Crippen molar-refractivity contribution in [3.05, 3.63) is 82.7 Å². The predicted molar refractivity (Wildman–Crippen MR) is 131 cm³/mol. The average molecular weight is 461 g/mol. The number of aromatic nitrogens is 2. The van der Waals surface area contributed by atoms with E-state index in [1.165, 1.54) is 0 Å². The van der Waals surface area contributed by atoms with E-state index in [4.69, 9.17) is 9.57 Å². The predicted octanol–water partition coefficient (Wildman–Crippen LogP) is 5.59. The number of fused-ring (bicyclic) bond motifs is 1. The first-order valence-electron chi connectivity index (χ1n) is 11.7. The fraction of sp³-hybridized carbons (Fsp3) is 0.333. The van der Waals surface area contributed by atoms with Crippen LogP contribution in [0.25, 0.3) is 11.8 Å². The van der Waals surface area contributed by atoms with Crippen LogP contribution in [0.15, 0.2) is 59.7 Å². The summed E-state index contributed by atoms with van der Waals surface area (Å²) in [4.78, 5) is 12.1. The second-order valence-corrected chi connectivity index (χ2v) is 8.90. The number of imidazole rings is 1. The van der Waals surface area contributed by atoms with Crippen LogP contribution in [-0.4, -0.2) is 40.5 Å². The molecule has 2 aliphatic heterocycles. The average Bonchev–Trinajstić information content (AvgIpc) is 3.14. The molecular weight excluding hydrogens is 431 g/mol. The normalized spacial score (nSPS) is 19.3. The lowest BCUT2D eigenvalue weighted by atomic mass is 9.94. The molecule has 34 heavy (non-hydrogen) atoms. The molecule has 1 saturated heterocycles. The van der Waals surface area contributed by atoms with Crippen molar-refractivity contribution in [2.75, 3.05) is 20.3 Å². The lowest BCUT2D eigenvalue weighted by Gasteiger charge is -2.36. The number of amidine groups is 1. The number of ether oxygens (including phenoxy) is 1. The Kier molecular flexibility index (Phi) is 6.09. The number of aryl methyl sites for hydroxylation is 2. The molecule has 0 radical (unpaired) electrons. The molecule has 6 nitrogen and oxygen atoms in total. The minimum atomic E-state index is -0.169.